The first-order valence-corrected chi connectivity index (χ1v) is 8.42. The van der Waals surface area contributed by atoms with Crippen LogP contribution in [0.25, 0.3) is 0 Å². The molecule has 2 atom stereocenters. The van der Waals surface area contributed by atoms with E-state index >= 15 is 0 Å². The Balaban J connectivity index is 1.78. The van der Waals surface area contributed by atoms with Gasteiger partial charge in [0.2, 0.25) is 0 Å². The van der Waals surface area contributed by atoms with Crippen molar-refractivity contribution in [1.82, 2.24) is 10.2 Å². The van der Waals surface area contributed by atoms with Crippen molar-refractivity contribution in [2.75, 3.05) is 26.3 Å². The first kappa shape index (κ1) is 15.3. The molecule has 2 heterocycles. The third-order valence-electron chi connectivity index (χ3n) is 4.72. The number of nitrogens with one attached hydrogen (secondary N) is 1. The zero-order chi connectivity index (χ0) is 13.5. The molecule has 0 aromatic heterocycles. The molecule has 2 bridgehead atoms. The van der Waals surface area contributed by atoms with Gasteiger partial charge in [0.05, 0.1) is 0 Å². The molecule has 1 N–H and O–H groups in total. The zero-order valence-electron chi connectivity index (χ0n) is 12.9. The monoisotopic (exact) mass is 268 g/mol. The van der Waals surface area contributed by atoms with Gasteiger partial charge in [-0.05, 0) is 52.0 Å². The van der Waals surface area contributed by atoms with E-state index in [1.165, 1.54) is 58.0 Å². The fourth-order valence-corrected chi connectivity index (χ4v) is 3.85. The summed E-state index contributed by atoms with van der Waals surface area (Å²) in [6.07, 6.45) is 9.46. The minimum absolute atomic E-state index is 0.776. The largest absolute Gasteiger partial charge is 0.382 e. The minimum atomic E-state index is 0.776. The van der Waals surface area contributed by atoms with Gasteiger partial charge in [0.25, 0.3) is 0 Å². The number of fused-ring (bicyclic) bond motifs is 2. The Hall–Kier alpha value is -0.120. The molecule has 2 fully saturated rings. The van der Waals surface area contributed by atoms with E-state index in [2.05, 4.69) is 24.1 Å². The standard InChI is InChI=1S/C16H32N2O/c1-3-9-17-14-12-15-7-5-8-16(13-14)18(15)10-6-11-19-4-2/h14-17H,3-13H2,1-2H3. The average molecular weight is 268 g/mol. The van der Waals surface area contributed by atoms with Crippen LogP contribution in [0.15, 0.2) is 0 Å². The summed E-state index contributed by atoms with van der Waals surface area (Å²) in [5.41, 5.74) is 0. The highest BCUT2D eigenvalue weighted by molar-refractivity contribution is 4.94. The predicted octanol–water partition coefficient (Wildman–Crippen LogP) is 2.80. The van der Waals surface area contributed by atoms with Crippen LogP contribution >= 0.6 is 0 Å². The third kappa shape index (κ3) is 4.44. The Morgan fingerprint density at radius 1 is 1.16 bits per heavy atom. The molecule has 0 spiro atoms. The van der Waals surface area contributed by atoms with E-state index in [0.717, 1.165) is 31.3 Å². The van der Waals surface area contributed by atoms with Crippen molar-refractivity contribution < 1.29 is 4.74 Å². The third-order valence-corrected chi connectivity index (χ3v) is 4.72. The molecular formula is C16H32N2O. The summed E-state index contributed by atoms with van der Waals surface area (Å²) in [5, 5.41) is 3.75. The second kappa shape index (κ2) is 8.23. The first-order chi connectivity index (χ1) is 9.35. The van der Waals surface area contributed by atoms with Crippen molar-refractivity contribution in [2.45, 2.75) is 76.9 Å². The van der Waals surface area contributed by atoms with E-state index in [1.54, 1.807) is 0 Å². The second-order valence-electron chi connectivity index (χ2n) is 6.15. The Bertz CT molecular complexity index is 233. The SMILES string of the molecule is CCCNC1CC2CCCC(C1)N2CCCOCC. The fourth-order valence-electron chi connectivity index (χ4n) is 3.85. The Morgan fingerprint density at radius 2 is 1.89 bits per heavy atom. The van der Waals surface area contributed by atoms with E-state index in [4.69, 9.17) is 4.74 Å². The summed E-state index contributed by atoms with van der Waals surface area (Å²) in [4.78, 5) is 2.80. The summed E-state index contributed by atoms with van der Waals surface area (Å²) in [5.74, 6) is 0. The van der Waals surface area contributed by atoms with E-state index < -0.39 is 0 Å². The Kier molecular flexibility index (Phi) is 6.62. The van der Waals surface area contributed by atoms with Crippen molar-refractivity contribution in [3.8, 4) is 0 Å². The number of ether oxygens (including phenoxy) is 1. The first-order valence-electron chi connectivity index (χ1n) is 8.42. The van der Waals surface area contributed by atoms with Crippen LogP contribution in [0.2, 0.25) is 0 Å². The number of hydrogen-bond acceptors (Lipinski definition) is 3. The molecule has 0 aliphatic carbocycles. The van der Waals surface area contributed by atoms with Gasteiger partial charge in [-0.1, -0.05) is 13.3 Å². The van der Waals surface area contributed by atoms with Crippen molar-refractivity contribution in [2.24, 2.45) is 0 Å². The lowest BCUT2D eigenvalue weighted by Gasteiger charge is -2.49. The summed E-state index contributed by atoms with van der Waals surface area (Å²) in [6, 6.07) is 2.45. The van der Waals surface area contributed by atoms with Gasteiger partial charge in [-0.15, -0.1) is 0 Å². The Morgan fingerprint density at radius 3 is 2.53 bits per heavy atom. The normalized spacial score (nSPS) is 31.6. The maximum absolute atomic E-state index is 5.48. The fraction of sp³-hybridized carbons (Fsp3) is 1.00. The second-order valence-corrected chi connectivity index (χ2v) is 6.15. The number of nitrogens with zero attached hydrogens (tertiary/aromatic N) is 1. The summed E-state index contributed by atoms with van der Waals surface area (Å²) in [7, 11) is 0. The van der Waals surface area contributed by atoms with Crippen molar-refractivity contribution in [3.05, 3.63) is 0 Å². The van der Waals surface area contributed by atoms with Gasteiger partial charge in [0.15, 0.2) is 0 Å². The molecule has 0 amide bonds. The quantitative estimate of drug-likeness (QED) is 0.685. The summed E-state index contributed by atoms with van der Waals surface area (Å²) in [6.45, 7) is 8.57. The molecule has 0 saturated carbocycles. The lowest BCUT2D eigenvalue weighted by molar-refractivity contribution is 0.0165. The van der Waals surface area contributed by atoms with Gasteiger partial charge < -0.3 is 10.1 Å². The molecular weight excluding hydrogens is 236 g/mol. The Labute approximate surface area is 119 Å². The highest BCUT2D eigenvalue weighted by Crippen LogP contribution is 2.34. The molecule has 3 heteroatoms. The summed E-state index contributed by atoms with van der Waals surface area (Å²) >= 11 is 0. The van der Waals surface area contributed by atoms with Gasteiger partial charge >= 0.3 is 0 Å². The van der Waals surface area contributed by atoms with Crippen LogP contribution in [0.4, 0.5) is 0 Å². The van der Waals surface area contributed by atoms with E-state index in [9.17, 15) is 0 Å². The molecule has 2 rings (SSSR count). The van der Waals surface area contributed by atoms with Crippen LogP contribution in [0.1, 0.15) is 58.8 Å². The smallest absolute Gasteiger partial charge is 0.0478 e. The predicted molar refractivity (Wildman–Crippen MR) is 80.6 cm³/mol. The van der Waals surface area contributed by atoms with E-state index in [-0.39, 0.29) is 0 Å². The molecule has 0 aromatic rings. The van der Waals surface area contributed by atoms with Crippen LogP contribution in [0.3, 0.4) is 0 Å². The number of piperidine rings is 2. The maximum atomic E-state index is 5.48. The lowest BCUT2D eigenvalue weighted by atomic mass is 9.81. The van der Waals surface area contributed by atoms with Gasteiger partial charge in [0.1, 0.15) is 0 Å². The number of rotatable bonds is 8. The van der Waals surface area contributed by atoms with Crippen LogP contribution in [-0.4, -0.2) is 49.3 Å². The summed E-state index contributed by atoms with van der Waals surface area (Å²) < 4.78 is 5.48. The van der Waals surface area contributed by atoms with Crippen LogP contribution < -0.4 is 5.32 Å². The van der Waals surface area contributed by atoms with Crippen LogP contribution in [0.5, 0.6) is 0 Å². The highest BCUT2D eigenvalue weighted by Gasteiger charge is 2.37. The molecule has 112 valence electrons. The van der Waals surface area contributed by atoms with E-state index in [0.29, 0.717) is 0 Å². The average Bonchev–Trinajstić information content (AvgIpc) is 2.41. The van der Waals surface area contributed by atoms with Gasteiger partial charge in [-0.2, -0.15) is 0 Å². The zero-order valence-corrected chi connectivity index (χ0v) is 12.9. The lowest BCUT2D eigenvalue weighted by Crippen LogP contribution is -2.56. The van der Waals surface area contributed by atoms with Gasteiger partial charge in [-0.3, -0.25) is 4.90 Å². The van der Waals surface area contributed by atoms with Gasteiger partial charge in [0, 0.05) is 37.9 Å². The molecule has 2 unspecified atom stereocenters. The van der Waals surface area contributed by atoms with Crippen molar-refractivity contribution in [1.29, 1.82) is 0 Å². The topological polar surface area (TPSA) is 24.5 Å². The van der Waals surface area contributed by atoms with E-state index in [1.807, 2.05) is 0 Å². The molecule has 0 aromatic carbocycles. The van der Waals surface area contributed by atoms with Crippen molar-refractivity contribution >= 4 is 0 Å². The number of hydrogen-bond donors (Lipinski definition) is 1. The minimum Gasteiger partial charge on any atom is -0.382 e. The molecule has 19 heavy (non-hydrogen) atoms. The molecule has 2 aliphatic rings. The van der Waals surface area contributed by atoms with Crippen molar-refractivity contribution in [3.63, 3.8) is 0 Å². The molecule has 2 aliphatic heterocycles. The molecule has 3 nitrogen and oxygen atoms in total. The molecule has 0 radical (unpaired) electrons. The maximum Gasteiger partial charge on any atom is 0.0478 e. The highest BCUT2D eigenvalue weighted by atomic mass is 16.5. The van der Waals surface area contributed by atoms with Crippen LogP contribution in [0, 0.1) is 0 Å². The van der Waals surface area contributed by atoms with Crippen LogP contribution in [-0.2, 0) is 4.74 Å². The molecule has 2 saturated heterocycles. The van der Waals surface area contributed by atoms with Gasteiger partial charge in [-0.25, -0.2) is 0 Å².